The van der Waals surface area contributed by atoms with Crippen LogP contribution in [0.3, 0.4) is 0 Å². The average Bonchev–Trinajstić information content (AvgIpc) is 2.50. The Kier molecular flexibility index (Phi) is 5.80. The number of aromatic nitrogens is 1. The molecule has 1 heterocycles. The second kappa shape index (κ2) is 7.85. The van der Waals surface area contributed by atoms with E-state index >= 15 is 0 Å². The maximum atomic E-state index is 12.1. The molecule has 1 aromatic rings. The summed E-state index contributed by atoms with van der Waals surface area (Å²) in [4.78, 5) is 16.3. The van der Waals surface area contributed by atoms with Gasteiger partial charge in [-0.1, -0.05) is 19.3 Å². The number of hydrogen-bond donors (Lipinski definition) is 3. The molecule has 1 aliphatic rings. The molecule has 0 atom stereocenters. The predicted molar refractivity (Wildman–Crippen MR) is 79.6 cm³/mol. The number of nitrogens with one attached hydrogen (secondary N) is 2. The Hall–Kier alpha value is -1.62. The SMILES string of the molecule is O=C(Nc1ccc(NCCCO)nc1)C1CCCCC1. The van der Waals surface area contributed by atoms with E-state index in [1.165, 1.54) is 6.42 Å². The molecule has 1 amide bonds. The summed E-state index contributed by atoms with van der Waals surface area (Å²) < 4.78 is 0. The minimum absolute atomic E-state index is 0.118. The zero-order valence-electron chi connectivity index (χ0n) is 11.8. The summed E-state index contributed by atoms with van der Waals surface area (Å²) in [6.45, 7) is 0.861. The Morgan fingerprint density at radius 2 is 2.10 bits per heavy atom. The highest BCUT2D eigenvalue weighted by molar-refractivity contribution is 5.92. The maximum absolute atomic E-state index is 12.1. The highest BCUT2D eigenvalue weighted by Crippen LogP contribution is 2.24. The fraction of sp³-hybridized carbons (Fsp3) is 0.600. The second-order valence-electron chi connectivity index (χ2n) is 5.26. The third-order valence-electron chi connectivity index (χ3n) is 3.65. The number of hydrogen-bond acceptors (Lipinski definition) is 4. The van der Waals surface area contributed by atoms with Gasteiger partial charge in [0.05, 0.1) is 11.9 Å². The molecule has 0 unspecified atom stereocenters. The van der Waals surface area contributed by atoms with Crippen molar-refractivity contribution in [2.75, 3.05) is 23.8 Å². The lowest BCUT2D eigenvalue weighted by Crippen LogP contribution is -2.24. The Morgan fingerprint density at radius 3 is 2.75 bits per heavy atom. The fourth-order valence-electron chi connectivity index (χ4n) is 2.48. The first-order valence-electron chi connectivity index (χ1n) is 7.41. The summed E-state index contributed by atoms with van der Waals surface area (Å²) in [7, 11) is 0. The van der Waals surface area contributed by atoms with Crippen LogP contribution in [0.15, 0.2) is 18.3 Å². The molecule has 1 aliphatic carbocycles. The molecule has 1 fully saturated rings. The van der Waals surface area contributed by atoms with Crippen molar-refractivity contribution in [3.8, 4) is 0 Å². The quantitative estimate of drug-likeness (QED) is 0.698. The number of carbonyl (C=O) groups is 1. The van der Waals surface area contributed by atoms with Gasteiger partial charge in [0.15, 0.2) is 0 Å². The van der Waals surface area contributed by atoms with Gasteiger partial charge in [0.1, 0.15) is 5.82 Å². The van der Waals surface area contributed by atoms with Gasteiger partial charge < -0.3 is 15.7 Å². The molecule has 1 aromatic heterocycles. The van der Waals surface area contributed by atoms with Gasteiger partial charge in [0.2, 0.25) is 5.91 Å². The first-order valence-corrected chi connectivity index (χ1v) is 7.41. The van der Waals surface area contributed by atoms with Crippen LogP contribution in [0.25, 0.3) is 0 Å². The van der Waals surface area contributed by atoms with Crippen molar-refractivity contribution in [2.24, 2.45) is 5.92 Å². The topological polar surface area (TPSA) is 74.2 Å². The van der Waals surface area contributed by atoms with Gasteiger partial charge in [-0.15, -0.1) is 0 Å². The molecule has 5 heteroatoms. The van der Waals surface area contributed by atoms with E-state index in [4.69, 9.17) is 5.11 Å². The molecule has 2 rings (SSSR count). The van der Waals surface area contributed by atoms with E-state index < -0.39 is 0 Å². The van der Waals surface area contributed by atoms with Gasteiger partial charge in [0, 0.05) is 19.1 Å². The lowest BCUT2D eigenvalue weighted by Gasteiger charge is -2.20. The first kappa shape index (κ1) is 14.8. The summed E-state index contributed by atoms with van der Waals surface area (Å²) in [5.41, 5.74) is 0.744. The Bertz CT molecular complexity index is 414. The lowest BCUT2D eigenvalue weighted by atomic mass is 9.88. The standard InChI is InChI=1S/C15H23N3O2/c19-10-4-9-16-14-8-7-13(11-17-14)18-15(20)12-5-2-1-3-6-12/h7-8,11-12,19H,1-6,9-10H2,(H,16,17)(H,18,20). The van der Waals surface area contributed by atoms with E-state index in [9.17, 15) is 4.79 Å². The minimum Gasteiger partial charge on any atom is -0.396 e. The normalized spacial score (nSPS) is 15.8. The molecule has 0 radical (unpaired) electrons. The minimum atomic E-state index is 0.118. The van der Waals surface area contributed by atoms with E-state index in [0.29, 0.717) is 13.0 Å². The third-order valence-corrected chi connectivity index (χ3v) is 3.65. The van der Waals surface area contributed by atoms with Crippen molar-refractivity contribution in [3.05, 3.63) is 18.3 Å². The van der Waals surface area contributed by atoms with Crippen LogP contribution in [0.1, 0.15) is 38.5 Å². The van der Waals surface area contributed by atoms with Crippen molar-refractivity contribution in [1.82, 2.24) is 4.98 Å². The number of amides is 1. The van der Waals surface area contributed by atoms with Gasteiger partial charge in [0.25, 0.3) is 0 Å². The monoisotopic (exact) mass is 277 g/mol. The Labute approximate surface area is 119 Å². The molecule has 0 aliphatic heterocycles. The van der Waals surface area contributed by atoms with E-state index in [-0.39, 0.29) is 18.4 Å². The Morgan fingerprint density at radius 1 is 1.30 bits per heavy atom. The molecule has 5 nitrogen and oxygen atoms in total. The summed E-state index contributed by atoms with van der Waals surface area (Å²) in [5, 5.41) is 14.7. The van der Waals surface area contributed by atoms with Crippen LogP contribution >= 0.6 is 0 Å². The van der Waals surface area contributed by atoms with Crippen LogP contribution in [0.2, 0.25) is 0 Å². The molecular weight excluding hydrogens is 254 g/mol. The molecule has 0 aromatic carbocycles. The summed E-state index contributed by atoms with van der Waals surface area (Å²) >= 11 is 0. The van der Waals surface area contributed by atoms with Crippen LogP contribution in [0.4, 0.5) is 11.5 Å². The van der Waals surface area contributed by atoms with Gasteiger partial charge in [-0.3, -0.25) is 4.79 Å². The molecule has 110 valence electrons. The largest absolute Gasteiger partial charge is 0.396 e. The fourth-order valence-corrected chi connectivity index (χ4v) is 2.48. The number of aliphatic hydroxyl groups excluding tert-OH is 1. The van der Waals surface area contributed by atoms with Crippen LogP contribution in [-0.2, 0) is 4.79 Å². The summed E-state index contributed by atoms with van der Waals surface area (Å²) in [6, 6.07) is 3.70. The summed E-state index contributed by atoms with van der Waals surface area (Å²) in [5.74, 6) is 1.03. The van der Waals surface area contributed by atoms with E-state index in [2.05, 4.69) is 15.6 Å². The smallest absolute Gasteiger partial charge is 0.227 e. The first-order chi connectivity index (χ1) is 9.79. The Balaban J connectivity index is 1.81. The van der Waals surface area contributed by atoms with Crippen molar-refractivity contribution in [3.63, 3.8) is 0 Å². The zero-order chi connectivity index (χ0) is 14.2. The van der Waals surface area contributed by atoms with Gasteiger partial charge in [-0.2, -0.15) is 0 Å². The molecule has 1 saturated carbocycles. The van der Waals surface area contributed by atoms with Crippen LogP contribution in [0, 0.1) is 5.92 Å². The number of pyridine rings is 1. The number of nitrogens with zero attached hydrogens (tertiary/aromatic N) is 1. The molecule has 3 N–H and O–H groups in total. The van der Waals surface area contributed by atoms with Gasteiger partial charge in [-0.25, -0.2) is 4.98 Å². The highest BCUT2D eigenvalue weighted by Gasteiger charge is 2.20. The van der Waals surface area contributed by atoms with Crippen LogP contribution in [0.5, 0.6) is 0 Å². The van der Waals surface area contributed by atoms with Gasteiger partial charge in [-0.05, 0) is 31.4 Å². The van der Waals surface area contributed by atoms with Crippen LogP contribution in [-0.4, -0.2) is 29.1 Å². The van der Waals surface area contributed by atoms with Crippen molar-refractivity contribution >= 4 is 17.4 Å². The lowest BCUT2D eigenvalue weighted by molar-refractivity contribution is -0.120. The van der Waals surface area contributed by atoms with E-state index in [1.807, 2.05) is 12.1 Å². The number of carbonyl (C=O) groups excluding carboxylic acids is 1. The average molecular weight is 277 g/mol. The van der Waals surface area contributed by atoms with Crippen molar-refractivity contribution in [2.45, 2.75) is 38.5 Å². The van der Waals surface area contributed by atoms with Crippen molar-refractivity contribution < 1.29 is 9.90 Å². The zero-order valence-corrected chi connectivity index (χ0v) is 11.8. The second-order valence-corrected chi connectivity index (χ2v) is 5.26. The number of aliphatic hydroxyl groups is 1. The molecular formula is C15H23N3O2. The van der Waals surface area contributed by atoms with Crippen molar-refractivity contribution in [1.29, 1.82) is 0 Å². The van der Waals surface area contributed by atoms with Crippen LogP contribution < -0.4 is 10.6 Å². The molecule has 0 spiro atoms. The highest BCUT2D eigenvalue weighted by atomic mass is 16.3. The van der Waals surface area contributed by atoms with Gasteiger partial charge >= 0.3 is 0 Å². The predicted octanol–water partition coefficient (Wildman–Crippen LogP) is 2.39. The molecule has 0 bridgehead atoms. The molecule has 20 heavy (non-hydrogen) atoms. The summed E-state index contributed by atoms with van der Waals surface area (Å²) in [6.07, 6.45) is 7.93. The third kappa shape index (κ3) is 4.49. The van der Waals surface area contributed by atoms with E-state index in [1.54, 1.807) is 6.20 Å². The number of rotatable bonds is 6. The molecule has 0 saturated heterocycles. The van der Waals surface area contributed by atoms with E-state index in [0.717, 1.165) is 37.2 Å². The number of anilines is 2. The maximum Gasteiger partial charge on any atom is 0.227 e.